The van der Waals surface area contributed by atoms with Crippen LogP contribution in [0.5, 0.6) is 0 Å². The summed E-state index contributed by atoms with van der Waals surface area (Å²) >= 11 is 0. The molecule has 0 saturated carbocycles. The van der Waals surface area contributed by atoms with Crippen molar-refractivity contribution >= 4 is 0 Å². The maximum absolute atomic E-state index is 9.60. The van der Waals surface area contributed by atoms with Crippen LogP contribution in [0.25, 0.3) is 0 Å². The smallest absolute Gasteiger partial charge is 0.0718 e. The van der Waals surface area contributed by atoms with Crippen LogP contribution in [0.4, 0.5) is 0 Å². The first kappa shape index (κ1) is 9.96. The van der Waals surface area contributed by atoms with E-state index in [0.717, 1.165) is 32.7 Å². The first-order valence-corrected chi connectivity index (χ1v) is 4.73. The molecule has 0 aromatic rings. The number of nitrogens with zero attached hydrogens (tertiary/aromatic N) is 1. The molecule has 1 aliphatic rings. The van der Waals surface area contributed by atoms with Gasteiger partial charge >= 0.3 is 0 Å². The van der Waals surface area contributed by atoms with Crippen LogP contribution in [0.1, 0.15) is 20.3 Å². The largest absolute Gasteiger partial charge is 0.389 e. The lowest BCUT2D eigenvalue weighted by Crippen LogP contribution is -2.40. The summed E-state index contributed by atoms with van der Waals surface area (Å²) in [5.41, 5.74) is -0.551. The molecule has 0 unspecified atom stereocenters. The van der Waals surface area contributed by atoms with Gasteiger partial charge in [-0.25, -0.2) is 0 Å². The number of hydrogen-bond acceptors (Lipinski definition) is 3. The maximum atomic E-state index is 9.60. The fourth-order valence-electron chi connectivity index (χ4n) is 1.61. The van der Waals surface area contributed by atoms with E-state index in [0.29, 0.717) is 0 Å². The number of rotatable bonds is 2. The monoisotopic (exact) mass is 172 g/mol. The van der Waals surface area contributed by atoms with Crippen molar-refractivity contribution in [2.45, 2.75) is 25.9 Å². The van der Waals surface area contributed by atoms with Gasteiger partial charge in [-0.05, 0) is 33.4 Å². The van der Waals surface area contributed by atoms with E-state index < -0.39 is 5.60 Å². The molecule has 2 N–H and O–H groups in total. The quantitative estimate of drug-likeness (QED) is 0.618. The predicted octanol–water partition coefficient (Wildman–Crippen LogP) is 0.0526. The molecule has 0 bridgehead atoms. The minimum absolute atomic E-state index is 0.551. The lowest BCUT2D eigenvalue weighted by Gasteiger charge is -2.27. The molecule has 1 fully saturated rings. The summed E-state index contributed by atoms with van der Waals surface area (Å²) in [6.45, 7) is 8.85. The first-order valence-electron chi connectivity index (χ1n) is 4.73. The SMILES string of the molecule is CC(C)(O)CN1CCCNCC1. The molecular formula is C9H20N2O. The minimum atomic E-state index is -0.551. The zero-order chi connectivity index (χ0) is 9.03. The third-order valence-corrected chi connectivity index (χ3v) is 2.04. The molecule has 3 nitrogen and oxygen atoms in total. The molecule has 3 heteroatoms. The van der Waals surface area contributed by atoms with E-state index in [4.69, 9.17) is 0 Å². The fourth-order valence-corrected chi connectivity index (χ4v) is 1.61. The van der Waals surface area contributed by atoms with Crippen molar-refractivity contribution in [3.8, 4) is 0 Å². The number of aliphatic hydroxyl groups is 1. The summed E-state index contributed by atoms with van der Waals surface area (Å²) in [6, 6.07) is 0. The van der Waals surface area contributed by atoms with Gasteiger partial charge < -0.3 is 10.4 Å². The Labute approximate surface area is 74.8 Å². The van der Waals surface area contributed by atoms with Crippen LogP contribution in [0.2, 0.25) is 0 Å². The molecule has 1 saturated heterocycles. The predicted molar refractivity (Wildman–Crippen MR) is 50.2 cm³/mol. The highest BCUT2D eigenvalue weighted by atomic mass is 16.3. The second kappa shape index (κ2) is 4.21. The van der Waals surface area contributed by atoms with E-state index in [9.17, 15) is 5.11 Å². The van der Waals surface area contributed by atoms with Gasteiger partial charge in [0.15, 0.2) is 0 Å². The van der Waals surface area contributed by atoms with E-state index in [-0.39, 0.29) is 0 Å². The molecule has 72 valence electrons. The van der Waals surface area contributed by atoms with Gasteiger partial charge in [0, 0.05) is 19.6 Å². The summed E-state index contributed by atoms with van der Waals surface area (Å²) in [5, 5.41) is 12.9. The highest BCUT2D eigenvalue weighted by Gasteiger charge is 2.18. The average molecular weight is 172 g/mol. The molecular weight excluding hydrogens is 152 g/mol. The lowest BCUT2D eigenvalue weighted by molar-refractivity contribution is 0.0384. The topological polar surface area (TPSA) is 35.5 Å². The van der Waals surface area contributed by atoms with Crippen LogP contribution in [0.3, 0.4) is 0 Å². The molecule has 0 aromatic heterocycles. The molecule has 1 aliphatic heterocycles. The van der Waals surface area contributed by atoms with Crippen LogP contribution >= 0.6 is 0 Å². The second-order valence-corrected chi connectivity index (χ2v) is 4.19. The Kier molecular flexibility index (Phi) is 3.50. The Morgan fingerprint density at radius 2 is 2.08 bits per heavy atom. The van der Waals surface area contributed by atoms with Crippen molar-refractivity contribution < 1.29 is 5.11 Å². The van der Waals surface area contributed by atoms with E-state index in [2.05, 4.69) is 10.2 Å². The third-order valence-electron chi connectivity index (χ3n) is 2.04. The number of nitrogens with one attached hydrogen (secondary N) is 1. The third kappa shape index (κ3) is 4.04. The molecule has 0 spiro atoms. The Balaban J connectivity index is 2.30. The van der Waals surface area contributed by atoms with Crippen molar-refractivity contribution in [2.24, 2.45) is 0 Å². The lowest BCUT2D eigenvalue weighted by atomic mass is 10.1. The summed E-state index contributed by atoms with van der Waals surface area (Å²) < 4.78 is 0. The fraction of sp³-hybridized carbons (Fsp3) is 1.00. The van der Waals surface area contributed by atoms with Gasteiger partial charge in [0.25, 0.3) is 0 Å². The van der Waals surface area contributed by atoms with Crippen molar-refractivity contribution in [1.29, 1.82) is 0 Å². The standard InChI is InChI=1S/C9H20N2O/c1-9(2,12)8-11-6-3-4-10-5-7-11/h10,12H,3-8H2,1-2H3. The molecule has 0 aromatic carbocycles. The highest BCUT2D eigenvalue weighted by Crippen LogP contribution is 2.05. The van der Waals surface area contributed by atoms with Crippen molar-refractivity contribution in [1.82, 2.24) is 10.2 Å². The van der Waals surface area contributed by atoms with Gasteiger partial charge in [0.1, 0.15) is 0 Å². The number of hydrogen-bond donors (Lipinski definition) is 2. The molecule has 0 amide bonds. The van der Waals surface area contributed by atoms with Gasteiger partial charge in [0.05, 0.1) is 5.60 Å². The highest BCUT2D eigenvalue weighted by molar-refractivity contribution is 4.74. The Morgan fingerprint density at radius 1 is 1.33 bits per heavy atom. The van der Waals surface area contributed by atoms with Gasteiger partial charge in [-0.15, -0.1) is 0 Å². The maximum Gasteiger partial charge on any atom is 0.0718 e. The summed E-state index contributed by atoms with van der Waals surface area (Å²) in [5.74, 6) is 0. The van der Waals surface area contributed by atoms with Crippen molar-refractivity contribution in [3.05, 3.63) is 0 Å². The molecule has 12 heavy (non-hydrogen) atoms. The average Bonchev–Trinajstić information content (AvgIpc) is 2.12. The normalized spacial score (nSPS) is 22.2. The van der Waals surface area contributed by atoms with Gasteiger partial charge in [-0.2, -0.15) is 0 Å². The van der Waals surface area contributed by atoms with E-state index in [1.54, 1.807) is 0 Å². The molecule has 0 atom stereocenters. The van der Waals surface area contributed by atoms with Crippen molar-refractivity contribution in [2.75, 3.05) is 32.7 Å². The molecule has 0 aliphatic carbocycles. The van der Waals surface area contributed by atoms with Crippen molar-refractivity contribution in [3.63, 3.8) is 0 Å². The molecule has 1 heterocycles. The summed E-state index contributed by atoms with van der Waals surface area (Å²) in [6.07, 6.45) is 1.19. The molecule has 1 rings (SSSR count). The zero-order valence-electron chi connectivity index (χ0n) is 8.14. The minimum Gasteiger partial charge on any atom is -0.389 e. The van der Waals surface area contributed by atoms with E-state index in [1.807, 2.05) is 13.8 Å². The van der Waals surface area contributed by atoms with Gasteiger partial charge in [-0.1, -0.05) is 0 Å². The summed E-state index contributed by atoms with van der Waals surface area (Å²) in [4.78, 5) is 2.32. The first-order chi connectivity index (χ1) is 5.58. The van der Waals surface area contributed by atoms with Gasteiger partial charge in [0.2, 0.25) is 0 Å². The molecule has 0 radical (unpaired) electrons. The Hall–Kier alpha value is -0.120. The van der Waals surface area contributed by atoms with Crippen LogP contribution in [0.15, 0.2) is 0 Å². The number of β-amino-alcohol motifs (C(OH)–C–C–N with tert-alkyl or cyclic N) is 1. The van der Waals surface area contributed by atoms with Crippen LogP contribution in [-0.4, -0.2) is 48.3 Å². The van der Waals surface area contributed by atoms with Crippen LogP contribution in [-0.2, 0) is 0 Å². The Morgan fingerprint density at radius 3 is 2.75 bits per heavy atom. The summed E-state index contributed by atoms with van der Waals surface area (Å²) in [7, 11) is 0. The van der Waals surface area contributed by atoms with Crippen LogP contribution in [0, 0.1) is 0 Å². The van der Waals surface area contributed by atoms with E-state index in [1.165, 1.54) is 6.42 Å². The van der Waals surface area contributed by atoms with Gasteiger partial charge in [-0.3, -0.25) is 4.90 Å². The van der Waals surface area contributed by atoms with E-state index >= 15 is 0 Å². The van der Waals surface area contributed by atoms with Crippen LogP contribution < -0.4 is 5.32 Å². The Bertz CT molecular complexity index is 123. The zero-order valence-corrected chi connectivity index (χ0v) is 8.14. The second-order valence-electron chi connectivity index (χ2n) is 4.19.